The Morgan fingerprint density at radius 2 is 1.93 bits per heavy atom. The average molecular weight is 421 g/mol. The largest absolute Gasteiger partial charge is 0.464 e. The fourth-order valence-electron chi connectivity index (χ4n) is 2.53. The number of hydrogen-bond acceptors (Lipinski definition) is 6. The molecule has 0 radical (unpaired) electrons. The lowest BCUT2D eigenvalue weighted by molar-refractivity contribution is -0.137. The van der Waals surface area contributed by atoms with E-state index in [1.165, 1.54) is 23.9 Å². The van der Waals surface area contributed by atoms with E-state index < -0.39 is 17.7 Å². The summed E-state index contributed by atoms with van der Waals surface area (Å²) < 4.78 is 45.3. The molecule has 0 spiro atoms. The minimum absolute atomic E-state index is 0.116. The summed E-state index contributed by atoms with van der Waals surface area (Å²) >= 11 is 0.945. The second-order valence-electron chi connectivity index (χ2n) is 5.68. The summed E-state index contributed by atoms with van der Waals surface area (Å²) in [5, 5.41) is 16.5. The Balaban J connectivity index is 2.18. The molecule has 3 rings (SSSR count). The normalized spacial score (nSPS) is 11.7. The summed E-state index contributed by atoms with van der Waals surface area (Å²) in [5.41, 5.74) is -0.266. The lowest BCUT2D eigenvalue weighted by atomic mass is 10.2. The number of rotatable bonds is 5. The molecule has 0 saturated heterocycles. The molecule has 0 unspecified atom stereocenters. The number of carbonyl (C=O) groups excluding carboxylic acids is 1. The van der Waals surface area contributed by atoms with Crippen molar-refractivity contribution in [2.45, 2.75) is 16.1 Å². The second kappa shape index (κ2) is 8.39. The topological polar surface area (TPSA) is 76.7 Å². The summed E-state index contributed by atoms with van der Waals surface area (Å²) in [4.78, 5) is 12.4. The van der Waals surface area contributed by atoms with Crippen LogP contribution >= 0.6 is 11.8 Å². The number of nitrogens with zero attached hydrogens (tertiary/aromatic N) is 3. The van der Waals surface area contributed by atoms with Crippen molar-refractivity contribution in [3.05, 3.63) is 71.4 Å². The van der Waals surface area contributed by atoms with Crippen LogP contribution in [-0.2, 0) is 10.9 Å². The minimum Gasteiger partial charge on any atom is -0.464 e. The molecule has 1 aromatic heterocycles. The van der Waals surface area contributed by atoms with E-state index in [4.69, 9.17) is 9.94 Å². The van der Waals surface area contributed by atoms with Crippen molar-refractivity contribution in [3.63, 3.8) is 0 Å². The van der Waals surface area contributed by atoms with Gasteiger partial charge in [-0.3, -0.25) is 0 Å². The van der Waals surface area contributed by atoms with Crippen LogP contribution in [0, 0.1) is 0 Å². The second-order valence-corrected chi connectivity index (χ2v) is 6.74. The Hall–Kier alpha value is -3.27. The number of ether oxygens (including phenoxy) is 1. The van der Waals surface area contributed by atoms with E-state index in [9.17, 15) is 18.0 Å². The molecule has 10 heteroatoms. The van der Waals surface area contributed by atoms with Crippen LogP contribution in [0.1, 0.15) is 21.6 Å². The third-order valence-corrected chi connectivity index (χ3v) is 4.90. The standard InChI is InChI=1S/C19H14F3N3O3S/c1-28-18(26)16-15(11-23-27)17(25(24-16)13-7-3-2-4-8-13)29-14-9-5-6-12(10-14)19(20,21)22/h2-11,27H,1H3/b23-11-. The van der Waals surface area contributed by atoms with Crippen LogP contribution in [0.25, 0.3) is 5.69 Å². The fourth-order valence-corrected chi connectivity index (χ4v) is 3.57. The molecule has 0 fully saturated rings. The number of benzene rings is 2. The minimum atomic E-state index is -4.50. The maximum Gasteiger partial charge on any atom is 0.416 e. The summed E-state index contributed by atoms with van der Waals surface area (Å²) in [6, 6.07) is 13.4. The number of hydrogen-bond donors (Lipinski definition) is 1. The van der Waals surface area contributed by atoms with Crippen LogP contribution in [0.2, 0.25) is 0 Å². The zero-order valence-electron chi connectivity index (χ0n) is 14.9. The zero-order chi connectivity index (χ0) is 21.0. The zero-order valence-corrected chi connectivity index (χ0v) is 15.7. The Bertz CT molecular complexity index is 1050. The van der Waals surface area contributed by atoms with Crippen molar-refractivity contribution in [1.29, 1.82) is 0 Å². The molecule has 0 saturated carbocycles. The molecule has 1 heterocycles. The predicted molar refractivity (Wildman–Crippen MR) is 99.9 cm³/mol. The van der Waals surface area contributed by atoms with E-state index in [-0.39, 0.29) is 21.2 Å². The first-order valence-electron chi connectivity index (χ1n) is 8.14. The van der Waals surface area contributed by atoms with Crippen LogP contribution in [0.5, 0.6) is 0 Å². The third kappa shape index (κ3) is 4.43. The molecule has 6 nitrogen and oxygen atoms in total. The van der Waals surface area contributed by atoms with Crippen LogP contribution in [-0.4, -0.2) is 34.3 Å². The predicted octanol–water partition coefficient (Wildman–Crippen LogP) is 4.64. The van der Waals surface area contributed by atoms with E-state index in [2.05, 4.69) is 10.3 Å². The van der Waals surface area contributed by atoms with E-state index in [0.717, 1.165) is 30.1 Å². The number of para-hydroxylation sites is 1. The number of alkyl halides is 3. The molecular formula is C19H14F3N3O3S. The van der Waals surface area contributed by atoms with Crippen LogP contribution < -0.4 is 0 Å². The van der Waals surface area contributed by atoms with Gasteiger partial charge in [-0.25, -0.2) is 9.48 Å². The van der Waals surface area contributed by atoms with Gasteiger partial charge < -0.3 is 9.94 Å². The first kappa shape index (κ1) is 20.5. The number of esters is 1. The van der Waals surface area contributed by atoms with E-state index in [1.807, 2.05) is 0 Å². The highest BCUT2D eigenvalue weighted by molar-refractivity contribution is 7.99. The Labute approximate surface area is 167 Å². The van der Waals surface area contributed by atoms with Crippen molar-refractivity contribution in [2.75, 3.05) is 7.11 Å². The molecule has 0 aliphatic heterocycles. The SMILES string of the molecule is COC(=O)c1nn(-c2ccccc2)c(Sc2cccc(C(F)(F)F)c2)c1/C=N\O. The number of halogens is 3. The van der Waals surface area contributed by atoms with Crippen molar-refractivity contribution < 1.29 is 27.9 Å². The van der Waals surface area contributed by atoms with Gasteiger partial charge in [-0.1, -0.05) is 41.2 Å². The molecule has 0 amide bonds. The summed E-state index contributed by atoms with van der Waals surface area (Å²) in [5.74, 6) is -0.777. The van der Waals surface area contributed by atoms with Gasteiger partial charge in [0.1, 0.15) is 5.03 Å². The van der Waals surface area contributed by atoms with Crippen molar-refractivity contribution in [2.24, 2.45) is 5.16 Å². The van der Waals surface area contributed by atoms with Gasteiger partial charge in [0.25, 0.3) is 0 Å². The van der Waals surface area contributed by atoms with E-state index in [0.29, 0.717) is 5.69 Å². The molecule has 150 valence electrons. The van der Waals surface area contributed by atoms with Gasteiger partial charge >= 0.3 is 12.1 Å². The molecule has 0 aliphatic carbocycles. The highest BCUT2D eigenvalue weighted by Gasteiger charge is 2.31. The van der Waals surface area contributed by atoms with Gasteiger partial charge in [-0.05, 0) is 30.3 Å². The number of oxime groups is 1. The Morgan fingerprint density at radius 3 is 2.55 bits per heavy atom. The van der Waals surface area contributed by atoms with Crippen LogP contribution in [0.3, 0.4) is 0 Å². The maximum atomic E-state index is 13.1. The molecule has 1 N–H and O–H groups in total. The summed E-state index contributed by atoms with van der Waals surface area (Å²) in [7, 11) is 1.17. The molecule has 29 heavy (non-hydrogen) atoms. The van der Waals surface area contributed by atoms with Gasteiger partial charge in [0.15, 0.2) is 5.69 Å². The first-order valence-corrected chi connectivity index (χ1v) is 8.96. The van der Waals surface area contributed by atoms with Gasteiger partial charge in [0, 0.05) is 4.90 Å². The molecular weight excluding hydrogens is 407 g/mol. The van der Waals surface area contributed by atoms with Crippen LogP contribution in [0.4, 0.5) is 13.2 Å². The van der Waals surface area contributed by atoms with Crippen LogP contribution in [0.15, 0.2) is 69.7 Å². The van der Waals surface area contributed by atoms with E-state index >= 15 is 0 Å². The van der Waals surface area contributed by atoms with Crippen molar-refractivity contribution in [1.82, 2.24) is 9.78 Å². The molecule has 0 atom stereocenters. The maximum absolute atomic E-state index is 13.1. The van der Waals surface area contributed by atoms with Gasteiger partial charge in [-0.15, -0.1) is 0 Å². The van der Waals surface area contributed by atoms with Crippen molar-refractivity contribution >= 4 is 23.9 Å². The Kier molecular flexibility index (Phi) is 5.92. The highest BCUT2D eigenvalue weighted by Crippen LogP contribution is 2.37. The van der Waals surface area contributed by atoms with Gasteiger partial charge in [0.05, 0.1) is 30.1 Å². The summed E-state index contributed by atoms with van der Waals surface area (Å²) in [6.45, 7) is 0. The number of carbonyl (C=O) groups is 1. The van der Waals surface area contributed by atoms with Crippen molar-refractivity contribution in [3.8, 4) is 5.69 Å². The summed E-state index contributed by atoms with van der Waals surface area (Å²) in [6.07, 6.45) is -3.50. The molecule has 0 bridgehead atoms. The smallest absolute Gasteiger partial charge is 0.416 e. The lowest BCUT2D eigenvalue weighted by Gasteiger charge is -2.10. The van der Waals surface area contributed by atoms with E-state index in [1.54, 1.807) is 30.3 Å². The first-order chi connectivity index (χ1) is 13.8. The average Bonchev–Trinajstić information content (AvgIpc) is 3.06. The molecule has 0 aliphatic rings. The fraction of sp³-hybridized carbons (Fsp3) is 0.105. The van der Waals surface area contributed by atoms with Gasteiger partial charge in [-0.2, -0.15) is 18.3 Å². The quantitative estimate of drug-likeness (QED) is 0.281. The number of aromatic nitrogens is 2. The Morgan fingerprint density at radius 1 is 1.21 bits per heavy atom. The third-order valence-electron chi connectivity index (χ3n) is 3.82. The monoisotopic (exact) mass is 421 g/mol. The van der Waals surface area contributed by atoms with Gasteiger partial charge in [0.2, 0.25) is 0 Å². The highest BCUT2D eigenvalue weighted by atomic mass is 32.2. The molecule has 2 aromatic carbocycles. The number of methoxy groups -OCH3 is 1. The molecule has 3 aromatic rings. The lowest BCUT2D eigenvalue weighted by Crippen LogP contribution is -2.06.